The van der Waals surface area contributed by atoms with Crippen LogP contribution in [0.15, 0.2) is 24.5 Å². The van der Waals surface area contributed by atoms with E-state index in [1.807, 2.05) is 23.9 Å². The maximum Gasteiger partial charge on any atom is 0.226 e. The Morgan fingerprint density at radius 3 is 2.86 bits per heavy atom. The summed E-state index contributed by atoms with van der Waals surface area (Å²) in [6, 6.07) is 4.00. The van der Waals surface area contributed by atoms with Crippen molar-refractivity contribution in [2.45, 2.75) is 37.2 Å². The van der Waals surface area contributed by atoms with Crippen LogP contribution in [0.2, 0.25) is 0 Å². The summed E-state index contributed by atoms with van der Waals surface area (Å²) in [5, 5.41) is 0. The third-order valence-corrected chi connectivity index (χ3v) is 6.68. The van der Waals surface area contributed by atoms with Crippen LogP contribution in [0, 0.1) is 11.8 Å². The highest BCUT2D eigenvalue weighted by Gasteiger charge is 2.53. The zero-order valence-corrected chi connectivity index (χ0v) is 13.7. The molecule has 118 valence electrons. The summed E-state index contributed by atoms with van der Waals surface area (Å²) in [5.74, 6) is 2.37. The monoisotopic (exact) mass is 318 g/mol. The largest absolute Gasteiger partial charge is 0.373 e. The smallest absolute Gasteiger partial charge is 0.226 e. The second kappa shape index (κ2) is 5.53. The molecule has 0 bridgehead atoms. The van der Waals surface area contributed by atoms with Crippen LogP contribution in [0.1, 0.15) is 25.3 Å². The molecular weight excluding hydrogens is 296 g/mol. The average Bonchev–Trinajstić information content (AvgIpc) is 3.08. The van der Waals surface area contributed by atoms with Gasteiger partial charge >= 0.3 is 0 Å². The van der Waals surface area contributed by atoms with Crippen LogP contribution in [0.25, 0.3) is 0 Å². The first-order valence-electron chi connectivity index (χ1n) is 8.08. The maximum absolute atomic E-state index is 12.2. The number of rotatable bonds is 4. The summed E-state index contributed by atoms with van der Waals surface area (Å²) in [6.07, 6.45) is 6.09. The van der Waals surface area contributed by atoms with Crippen LogP contribution >= 0.6 is 11.8 Å². The third-order valence-electron chi connectivity index (χ3n) is 5.11. The lowest BCUT2D eigenvalue weighted by Gasteiger charge is -2.47. The normalized spacial score (nSPS) is 32.0. The van der Waals surface area contributed by atoms with Crippen molar-refractivity contribution in [3.8, 4) is 0 Å². The summed E-state index contributed by atoms with van der Waals surface area (Å²) < 4.78 is 6.32. The molecule has 2 saturated heterocycles. The Bertz CT molecular complexity index is 559. The van der Waals surface area contributed by atoms with E-state index >= 15 is 0 Å². The number of hydrogen-bond acceptors (Lipinski definition) is 4. The minimum absolute atomic E-state index is 0.275. The third kappa shape index (κ3) is 2.76. The summed E-state index contributed by atoms with van der Waals surface area (Å²) in [6.45, 7) is 4.68. The van der Waals surface area contributed by atoms with E-state index in [4.69, 9.17) is 4.74 Å². The molecular formula is C17H22N2O2S. The minimum Gasteiger partial charge on any atom is -0.373 e. The van der Waals surface area contributed by atoms with Gasteiger partial charge < -0.3 is 9.64 Å². The van der Waals surface area contributed by atoms with Gasteiger partial charge in [-0.1, -0.05) is 6.92 Å². The topological polar surface area (TPSA) is 42.4 Å². The van der Waals surface area contributed by atoms with Gasteiger partial charge in [0.15, 0.2) is 0 Å². The second-order valence-corrected chi connectivity index (χ2v) is 8.49. The van der Waals surface area contributed by atoms with Crippen molar-refractivity contribution in [2.24, 2.45) is 11.8 Å². The molecule has 1 aromatic rings. The number of aromatic nitrogens is 1. The van der Waals surface area contributed by atoms with Gasteiger partial charge in [-0.05, 0) is 36.5 Å². The van der Waals surface area contributed by atoms with E-state index in [0.717, 1.165) is 31.7 Å². The van der Waals surface area contributed by atoms with E-state index in [2.05, 4.69) is 16.8 Å². The van der Waals surface area contributed by atoms with Crippen molar-refractivity contribution in [1.29, 1.82) is 0 Å². The highest BCUT2D eigenvalue weighted by atomic mass is 32.2. The van der Waals surface area contributed by atoms with Crippen molar-refractivity contribution < 1.29 is 9.53 Å². The van der Waals surface area contributed by atoms with Crippen LogP contribution < -0.4 is 0 Å². The molecule has 1 saturated carbocycles. The molecule has 0 N–H and O–H groups in total. The lowest BCUT2D eigenvalue weighted by molar-refractivity contribution is -0.138. The van der Waals surface area contributed by atoms with Crippen LogP contribution in [-0.4, -0.2) is 45.5 Å². The first-order chi connectivity index (χ1) is 10.7. The first-order valence-corrected chi connectivity index (χ1v) is 9.07. The SMILES string of the molecule is C[C@@H]1C[C@@H]1C(=O)N1CC2(C[C@H](OCc3ccncc3)CS2)C1. The van der Waals surface area contributed by atoms with Gasteiger partial charge in [-0.3, -0.25) is 9.78 Å². The summed E-state index contributed by atoms with van der Waals surface area (Å²) >= 11 is 2.00. The zero-order chi connectivity index (χ0) is 15.2. The summed E-state index contributed by atoms with van der Waals surface area (Å²) in [4.78, 5) is 18.3. The van der Waals surface area contributed by atoms with Gasteiger partial charge in [0.05, 0.1) is 17.5 Å². The van der Waals surface area contributed by atoms with E-state index in [1.54, 1.807) is 12.4 Å². The molecule has 4 rings (SSSR count). The fraction of sp³-hybridized carbons (Fsp3) is 0.647. The number of hydrogen-bond donors (Lipinski definition) is 0. The number of carbonyl (C=O) groups excluding carboxylic acids is 1. The van der Waals surface area contributed by atoms with Crippen molar-refractivity contribution in [1.82, 2.24) is 9.88 Å². The fourth-order valence-corrected chi connectivity index (χ4v) is 5.08. The maximum atomic E-state index is 12.2. The van der Waals surface area contributed by atoms with Gasteiger partial charge in [0.25, 0.3) is 0 Å². The molecule has 2 aliphatic heterocycles. The molecule has 0 aromatic carbocycles. The number of pyridine rings is 1. The van der Waals surface area contributed by atoms with Gasteiger partial charge in [0.1, 0.15) is 0 Å². The standard InChI is InChI=1S/C17H22N2O2S/c1-12-6-15(12)16(20)19-10-17(11-19)7-14(9-22-17)21-8-13-2-4-18-5-3-13/h2-5,12,14-15H,6-11H2,1H3/t12-,14+,15+/m1/s1. The molecule has 1 aromatic heterocycles. The number of amides is 1. The average molecular weight is 318 g/mol. The molecule has 4 nitrogen and oxygen atoms in total. The summed E-state index contributed by atoms with van der Waals surface area (Å²) in [5.41, 5.74) is 1.18. The Balaban J connectivity index is 1.24. The molecule has 3 heterocycles. The quantitative estimate of drug-likeness (QED) is 0.854. The molecule has 1 amide bonds. The Hall–Kier alpha value is -1.07. The van der Waals surface area contributed by atoms with Crippen molar-refractivity contribution in [3.63, 3.8) is 0 Å². The van der Waals surface area contributed by atoms with Crippen molar-refractivity contribution in [3.05, 3.63) is 30.1 Å². The van der Waals surface area contributed by atoms with E-state index in [9.17, 15) is 4.79 Å². The zero-order valence-electron chi connectivity index (χ0n) is 12.9. The van der Waals surface area contributed by atoms with Gasteiger partial charge in [-0.25, -0.2) is 0 Å². The molecule has 1 spiro atoms. The van der Waals surface area contributed by atoms with Gasteiger partial charge in [-0.2, -0.15) is 0 Å². The van der Waals surface area contributed by atoms with Crippen molar-refractivity contribution in [2.75, 3.05) is 18.8 Å². The Labute approximate surface area is 135 Å². The Morgan fingerprint density at radius 1 is 1.45 bits per heavy atom. The summed E-state index contributed by atoms with van der Waals surface area (Å²) in [7, 11) is 0. The Morgan fingerprint density at radius 2 is 2.18 bits per heavy atom. The predicted octanol–water partition coefficient (Wildman–Crippen LogP) is 2.34. The van der Waals surface area contributed by atoms with Crippen molar-refractivity contribution >= 4 is 17.7 Å². The number of ether oxygens (including phenoxy) is 1. The minimum atomic E-state index is 0.275. The van der Waals surface area contributed by atoms with E-state index < -0.39 is 0 Å². The number of nitrogens with zero attached hydrogens (tertiary/aromatic N) is 2. The fourth-order valence-electron chi connectivity index (χ4n) is 3.53. The van der Waals surface area contributed by atoms with E-state index in [0.29, 0.717) is 30.5 Å². The van der Waals surface area contributed by atoms with Crippen LogP contribution in [0.4, 0.5) is 0 Å². The van der Waals surface area contributed by atoms with Crippen LogP contribution in [0.3, 0.4) is 0 Å². The molecule has 1 aliphatic carbocycles. The predicted molar refractivity (Wildman–Crippen MR) is 86.5 cm³/mol. The van der Waals surface area contributed by atoms with Crippen LogP contribution in [0.5, 0.6) is 0 Å². The first kappa shape index (κ1) is 14.5. The van der Waals surface area contributed by atoms with Gasteiger partial charge in [-0.15, -0.1) is 11.8 Å². The molecule has 3 aliphatic rings. The van der Waals surface area contributed by atoms with Gasteiger partial charge in [0.2, 0.25) is 5.91 Å². The molecule has 22 heavy (non-hydrogen) atoms. The second-order valence-electron chi connectivity index (χ2n) is 7.00. The molecule has 5 heteroatoms. The number of carbonyl (C=O) groups is 1. The highest BCUT2D eigenvalue weighted by Crippen LogP contribution is 2.48. The van der Waals surface area contributed by atoms with Gasteiger partial charge in [0, 0.05) is 37.2 Å². The lowest BCUT2D eigenvalue weighted by atomic mass is 9.92. The number of thioether (sulfide) groups is 1. The van der Waals surface area contributed by atoms with E-state index in [1.165, 1.54) is 5.56 Å². The van der Waals surface area contributed by atoms with Crippen LogP contribution in [-0.2, 0) is 16.1 Å². The number of likely N-dealkylation sites (tertiary alicyclic amines) is 1. The molecule has 0 radical (unpaired) electrons. The molecule has 3 atom stereocenters. The molecule has 3 fully saturated rings. The lowest BCUT2D eigenvalue weighted by Crippen LogP contribution is -2.61. The molecule has 0 unspecified atom stereocenters. The van der Waals surface area contributed by atoms with E-state index in [-0.39, 0.29) is 4.75 Å². The highest BCUT2D eigenvalue weighted by molar-refractivity contribution is 8.01. The Kier molecular flexibility index (Phi) is 3.65.